The quantitative estimate of drug-likeness (QED) is 0.667. The summed E-state index contributed by atoms with van der Waals surface area (Å²) in [7, 11) is 0. The number of hydrogen-bond donors (Lipinski definition) is 0. The van der Waals surface area contributed by atoms with E-state index in [1.54, 1.807) is 11.3 Å². The Hall–Kier alpha value is -0.450. The van der Waals surface area contributed by atoms with Crippen molar-refractivity contribution in [1.29, 1.82) is 0 Å². The summed E-state index contributed by atoms with van der Waals surface area (Å²) < 4.78 is 1.96. The SMILES string of the molecule is Cc1sc(Br)cc1C(=O)c1cccc(Br)c1C. The Labute approximate surface area is 121 Å². The molecule has 1 aromatic heterocycles. The Balaban J connectivity index is 2.51. The summed E-state index contributed by atoms with van der Waals surface area (Å²) >= 11 is 8.45. The molecule has 0 spiro atoms. The lowest BCUT2D eigenvalue weighted by molar-refractivity contribution is 0.103. The van der Waals surface area contributed by atoms with Crippen molar-refractivity contribution in [3.8, 4) is 0 Å². The summed E-state index contributed by atoms with van der Waals surface area (Å²) in [6.45, 7) is 3.92. The largest absolute Gasteiger partial charge is 0.289 e. The van der Waals surface area contributed by atoms with Crippen LogP contribution in [0.1, 0.15) is 26.4 Å². The number of hydrogen-bond acceptors (Lipinski definition) is 2. The fourth-order valence-corrected chi connectivity index (χ4v) is 3.72. The minimum atomic E-state index is 0.0863. The Kier molecular flexibility index (Phi) is 3.85. The van der Waals surface area contributed by atoms with Crippen LogP contribution < -0.4 is 0 Å². The molecular formula is C13H10Br2OS. The van der Waals surface area contributed by atoms with Crippen molar-refractivity contribution < 1.29 is 4.79 Å². The molecule has 0 aliphatic carbocycles. The van der Waals surface area contributed by atoms with Gasteiger partial charge in [-0.15, -0.1) is 11.3 Å². The predicted molar refractivity (Wildman–Crippen MR) is 79.1 cm³/mol. The average Bonchev–Trinajstić information content (AvgIpc) is 2.61. The first-order valence-electron chi connectivity index (χ1n) is 5.06. The minimum Gasteiger partial charge on any atom is -0.289 e. The van der Waals surface area contributed by atoms with E-state index in [1.807, 2.05) is 38.1 Å². The number of benzene rings is 1. The number of aryl methyl sites for hydroxylation is 1. The third kappa shape index (κ3) is 2.54. The second-order valence-corrected chi connectivity index (χ2v) is 7.25. The van der Waals surface area contributed by atoms with Crippen molar-refractivity contribution in [2.75, 3.05) is 0 Å². The molecule has 88 valence electrons. The molecule has 0 bridgehead atoms. The van der Waals surface area contributed by atoms with Gasteiger partial charge < -0.3 is 0 Å². The van der Waals surface area contributed by atoms with Gasteiger partial charge in [0, 0.05) is 20.5 Å². The summed E-state index contributed by atoms with van der Waals surface area (Å²) in [5.74, 6) is 0.0863. The number of halogens is 2. The van der Waals surface area contributed by atoms with Crippen molar-refractivity contribution in [1.82, 2.24) is 0 Å². The number of ketones is 1. The minimum absolute atomic E-state index is 0.0863. The summed E-state index contributed by atoms with van der Waals surface area (Å²) in [4.78, 5) is 13.5. The van der Waals surface area contributed by atoms with Crippen LogP contribution in [0, 0.1) is 13.8 Å². The van der Waals surface area contributed by atoms with E-state index in [0.29, 0.717) is 0 Å². The highest BCUT2D eigenvalue weighted by Crippen LogP contribution is 2.29. The van der Waals surface area contributed by atoms with Gasteiger partial charge in [0.15, 0.2) is 5.78 Å². The molecule has 2 rings (SSSR count). The molecule has 1 nitrogen and oxygen atoms in total. The van der Waals surface area contributed by atoms with Crippen LogP contribution in [-0.2, 0) is 0 Å². The molecule has 0 amide bonds. The summed E-state index contributed by atoms with van der Waals surface area (Å²) in [6, 6.07) is 7.60. The van der Waals surface area contributed by atoms with E-state index in [9.17, 15) is 4.79 Å². The summed E-state index contributed by atoms with van der Waals surface area (Å²) in [5, 5.41) is 0. The van der Waals surface area contributed by atoms with Crippen molar-refractivity contribution >= 4 is 49.0 Å². The van der Waals surface area contributed by atoms with Crippen molar-refractivity contribution in [3.05, 3.63) is 54.1 Å². The number of carbonyl (C=O) groups is 1. The zero-order chi connectivity index (χ0) is 12.6. The van der Waals surface area contributed by atoms with E-state index in [0.717, 1.165) is 29.8 Å². The van der Waals surface area contributed by atoms with Crippen LogP contribution in [0.25, 0.3) is 0 Å². The molecule has 2 aromatic rings. The van der Waals surface area contributed by atoms with Gasteiger partial charge in [0.25, 0.3) is 0 Å². The third-order valence-electron chi connectivity index (χ3n) is 2.64. The second-order valence-electron chi connectivity index (χ2n) is 3.76. The van der Waals surface area contributed by atoms with E-state index < -0.39 is 0 Å². The number of rotatable bonds is 2. The maximum atomic E-state index is 12.4. The maximum absolute atomic E-state index is 12.4. The second kappa shape index (κ2) is 5.04. The molecule has 0 aliphatic heterocycles. The normalized spacial score (nSPS) is 10.6. The van der Waals surface area contributed by atoms with Gasteiger partial charge in [-0.25, -0.2) is 0 Å². The van der Waals surface area contributed by atoms with Gasteiger partial charge in [-0.2, -0.15) is 0 Å². The molecule has 0 fully saturated rings. The summed E-state index contributed by atoms with van der Waals surface area (Å²) in [6.07, 6.45) is 0. The molecule has 0 N–H and O–H groups in total. The van der Waals surface area contributed by atoms with Gasteiger partial charge in [-0.05, 0) is 47.5 Å². The molecular weight excluding hydrogens is 364 g/mol. The number of carbonyl (C=O) groups excluding carboxylic acids is 1. The van der Waals surface area contributed by atoms with Crippen molar-refractivity contribution in [3.63, 3.8) is 0 Å². The van der Waals surface area contributed by atoms with Gasteiger partial charge in [0.1, 0.15) is 0 Å². The van der Waals surface area contributed by atoms with E-state index in [2.05, 4.69) is 31.9 Å². The molecule has 0 saturated carbocycles. The lowest BCUT2D eigenvalue weighted by Gasteiger charge is -2.06. The first-order valence-corrected chi connectivity index (χ1v) is 7.46. The predicted octanol–water partition coefficient (Wildman–Crippen LogP) is 5.12. The third-order valence-corrected chi connectivity index (χ3v) is 5.06. The van der Waals surface area contributed by atoms with Crippen molar-refractivity contribution in [2.24, 2.45) is 0 Å². The van der Waals surface area contributed by atoms with E-state index in [1.165, 1.54) is 0 Å². The van der Waals surface area contributed by atoms with Crippen LogP contribution in [-0.4, -0.2) is 5.78 Å². The highest BCUT2D eigenvalue weighted by molar-refractivity contribution is 9.11. The topological polar surface area (TPSA) is 17.1 Å². The Morgan fingerprint density at radius 3 is 2.47 bits per heavy atom. The lowest BCUT2D eigenvalue weighted by atomic mass is 10.00. The van der Waals surface area contributed by atoms with E-state index >= 15 is 0 Å². The number of thiophene rings is 1. The zero-order valence-electron chi connectivity index (χ0n) is 9.38. The Bertz CT molecular complexity index is 587. The molecule has 0 saturated heterocycles. The first-order chi connectivity index (χ1) is 8.00. The Morgan fingerprint density at radius 2 is 1.88 bits per heavy atom. The van der Waals surface area contributed by atoms with Crippen LogP contribution in [0.2, 0.25) is 0 Å². The molecule has 0 radical (unpaired) electrons. The van der Waals surface area contributed by atoms with Crippen LogP contribution in [0.3, 0.4) is 0 Å². The smallest absolute Gasteiger partial charge is 0.194 e. The maximum Gasteiger partial charge on any atom is 0.194 e. The van der Waals surface area contributed by atoms with E-state index in [4.69, 9.17) is 0 Å². The van der Waals surface area contributed by atoms with Crippen LogP contribution >= 0.6 is 43.2 Å². The first kappa shape index (κ1) is 13.0. The molecule has 0 aliphatic rings. The molecule has 1 aromatic carbocycles. The van der Waals surface area contributed by atoms with Crippen LogP contribution in [0.15, 0.2) is 32.5 Å². The highest BCUT2D eigenvalue weighted by atomic mass is 79.9. The van der Waals surface area contributed by atoms with Gasteiger partial charge in [-0.3, -0.25) is 4.79 Å². The Morgan fingerprint density at radius 1 is 1.18 bits per heavy atom. The highest BCUT2D eigenvalue weighted by Gasteiger charge is 2.17. The fraction of sp³-hybridized carbons (Fsp3) is 0.154. The van der Waals surface area contributed by atoms with Gasteiger partial charge in [0.2, 0.25) is 0 Å². The van der Waals surface area contributed by atoms with Gasteiger partial charge in [0.05, 0.1) is 3.79 Å². The lowest BCUT2D eigenvalue weighted by Crippen LogP contribution is -2.04. The fourth-order valence-electron chi connectivity index (χ4n) is 1.67. The monoisotopic (exact) mass is 372 g/mol. The van der Waals surface area contributed by atoms with Crippen LogP contribution in [0.5, 0.6) is 0 Å². The molecule has 0 unspecified atom stereocenters. The summed E-state index contributed by atoms with van der Waals surface area (Å²) in [5.41, 5.74) is 2.52. The molecule has 4 heteroatoms. The zero-order valence-corrected chi connectivity index (χ0v) is 13.4. The standard InChI is InChI=1S/C13H10Br2OS/c1-7-9(4-3-5-11(7)14)13(16)10-6-12(15)17-8(10)2/h3-6H,1-2H3. The van der Waals surface area contributed by atoms with Crippen LogP contribution in [0.4, 0.5) is 0 Å². The van der Waals surface area contributed by atoms with Gasteiger partial charge >= 0.3 is 0 Å². The van der Waals surface area contributed by atoms with Crippen molar-refractivity contribution in [2.45, 2.75) is 13.8 Å². The average molecular weight is 374 g/mol. The molecule has 17 heavy (non-hydrogen) atoms. The van der Waals surface area contributed by atoms with E-state index in [-0.39, 0.29) is 5.78 Å². The molecule has 0 atom stereocenters. The molecule has 1 heterocycles. The van der Waals surface area contributed by atoms with Gasteiger partial charge in [-0.1, -0.05) is 28.1 Å².